The van der Waals surface area contributed by atoms with Gasteiger partial charge in [0.05, 0.1) is 0 Å². The highest BCUT2D eigenvalue weighted by molar-refractivity contribution is 6.30. The second-order valence-electron chi connectivity index (χ2n) is 3.14. The Labute approximate surface area is 86.9 Å². The SMILES string of the molecule is Cc1cc(F)ccc1CC(Cl)C(N)=O. The summed E-state index contributed by atoms with van der Waals surface area (Å²) in [6.45, 7) is 1.77. The summed E-state index contributed by atoms with van der Waals surface area (Å²) in [5.74, 6) is -0.855. The minimum Gasteiger partial charge on any atom is -0.368 e. The molecule has 0 fully saturated rings. The number of carbonyl (C=O) groups is 1. The summed E-state index contributed by atoms with van der Waals surface area (Å²) in [5.41, 5.74) is 6.63. The van der Waals surface area contributed by atoms with Crippen molar-refractivity contribution in [2.24, 2.45) is 5.73 Å². The summed E-state index contributed by atoms with van der Waals surface area (Å²) in [6.07, 6.45) is 0.336. The van der Waals surface area contributed by atoms with Crippen molar-refractivity contribution in [2.45, 2.75) is 18.7 Å². The van der Waals surface area contributed by atoms with Crippen molar-refractivity contribution < 1.29 is 9.18 Å². The molecule has 0 aliphatic carbocycles. The zero-order valence-electron chi connectivity index (χ0n) is 7.76. The van der Waals surface area contributed by atoms with E-state index in [0.717, 1.165) is 11.1 Å². The Morgan fingerprint density at radius 1 is 1.64 bits per heavy atom. The molecule has 0 aliphatic rings. The van der Waals surface area contributed by atoms with Crippen LogP contribution in [-0.2, 0) is 11.2 Å². The van der Waals surface area contributed by atoms with Gasteiger partial charge in [-0.2, -0.15) is 0 Å². The quantitative estimate of drug-likeness (QED) is 0.768. The van der Waals surface area contributed by atoms with Gasteiger partial charge in [-0.1, -0.05) is 6.07 Å². The van der Waals surface area contributed by atoms with Gasteiger partial charge in [-0.25, -0.2) is 4.39 Å². The fourth-order valence-electron chi connectivity index (χ4n) is 1.18. The normalized spacial score (nSPS) is 12.5. The maximum atomic E-state index is 12.7. The molecule has 1 atom stereocenters. The molecule has 1 aromatic rings. The first-order chi connectivity index (χ1) is 6.50. The van der Waals surface area contributed by atoms with Gasteiger partial charge in [-0.15, -0.1) is 11.6 Å². The molecule has 1 amide bonds. The molecule has 0 aliphatic heterocycles. The Morgan fingerprint density at radius 3 is 2.79 bits per heavy atom. The van der Waals surface area contributed by atoms with Crippen molar-refractivity contribution in [2.75, 3.05) is 0 Å². The molecule has 1 unspecified atom stereocenters. The van der Waals surface area contributed by atoms with Crippen LogP contribution in [0.3, 0.4) is 0 Å². The van der Waals surface area contributed by atoms with Gasteiger partial charge in [-0.05, 0) is 36.6 Å². The van der Waals surface area contributed by atoms with Crippen LogP contribution >= 0.6 is 11.6 Å². The number of nitrogens with two attached hydrogens (primary N) is 1. The molecule has 0 spiro atoms. The van der Waals surface area contributed by atoms with Crippen molar-refractivity contribution in [1.82, 2.24) is 0 Å². The van der Waals surface area contributed by atoms with E-state index >= 15 is 0 Å². The summed E-state index contributed by atoms with van der Waals surface area (Å²) >= 11 is 5.69. The molecular formula is C10H11ClFNO. The Hall–Kier alpha value is -1.09. The number of rotatable bonds is 3. The first-order valence-electron chi connectivity index (χ1n) is 4.19. The number of primary amides is 1. The zero-order chi connectivity index (χ0) is 10.7. The summed E-state index contributed by atoms with van der Waals surface area (Å²) in [6, 6.07) is 4.36. The van der Waals surface area contributed by atoms with Crippen molar-refractivity contribution in [1.29, 1.82) is 0 Å². The number of hydrogen-bond acceptors (Lipinski definition) is 1. The van der Waals surface area contributed by atoms with Gasteiger partial charge < -0.3 is 5.73 Å². The second-order valence-corrected chi connectivity index (χ2v) is 3.67. The minimum atomic E-state index is -0.737. The van der Waals surface area contributed by atoms with Gasteiger partial charge in [0, 0.05) is 0 Å². The van der Waals surface area contributed by atoms with Gasteiger partial charge in [-0.3, -0.25) is 4.79 Å². The Bertz CT molecular complexity index is 354. The average molecular weight is 216 g/mol. The molecule has 0 bridgehead atoms. The highest BCUT2D eigenvalue weighted by Gasteiger charge is 2.13. The average Bonchev–Trinajstić information content (AvgIpc) is 2.09. The van der Waals surface area contributed by atoms with E-state index in [1.165, 1.54) is 12.1 Å². The fraction of sp³-hybridized carbons (Fsp3) is 0.300. The van der Waals surface area contributed by atoms with Gasteiger partial charge in [0.1, 0.15) is 11.2 Å². The third-order valence-electron chi connectivity index (χ3n) is 2.01. The molecule has 0 radical (unpaired) electrons. The smallest absolute Gasteiger partial charge is 0.235 e. The molecule has 2 nitrogen and oxygen atoms in total. The maximum absolute atomic E-state index is 12.7. The standard InChI is InChI=1S/C10H11ClFNO/c1-6-4-8(12)3-2-7(6)5-9(11)10(13)14/h2-4,9H,5H2,1H3,(H2,13,14). The number of alkyl halides is 1. The van der Waals surface area contributed by atoms with Gasteiger partial charge in [0.2, 0.25) is 5.91 Å². The molecule has 0 saturated carbocycles. The Balaban J connectivity index is 2.82. The zero-order valence-corrected chi connectivity index (χ0v) is 8.51. The van der Waals surface area contributed by atoms with Crippen molar-refractivity contribution in [3.8, 4) is 0 Å². The van der Waals surface area contributed by atoms with Crippen LogP contribution in [0, 0.1) is 12.7 Å². The molecule has 76 valence electrons. The molecule has 4 heteroatoms. The summed E-state index contributed by atoms with van der Waals surface area (Å²) in [5, 5.41) is -0.737. The third-order valence-corrected chi connectivity index (χ3v) is 2.38. The van der Waals surface area contributed by atoms with Crippen LogP contribution in [0.15, 0.2) is 18.2 Å². The van der Waals surface area contributed by atoms with E-state index in [-0.39, 0.29) is 5.82 Å². The lowest BCUT2D eigenvalue weighted by molar-refractivity contribution is -0.117. The first-order valence-corrected chi connectivity index (χ1v) is 4.62. The van der Waals surface area contributed by atoms with E-state index in [4.69, 9.17) is 17.3 Å². The van der Waals surface area contributed by atoms with E-state index in [0.29, 0.717) is 6.42 Å². The molecule has 0 heterocycles. The van der Waals surface area contributed by atoms with E-state index in [1.807, 2.05) is 0 Å². The summed E-state index contributed by atoms with van der Waals surface area (Å²) < 4.78 is 12.7. The van der Waals surface area contributed by atoms with Crippen LogP contribution in [0.5, 0.6) is 0 Å². The lowest BCUT2D eigenvalue weighted by atomic mass is 10.0. The topological polar surface area (TPSA) is 43.1 Å². The van der Waals surface area contributed by atoms with Crippen LogP contribution in [0.1, 0.15) is 11.1 Å². The number of hydrogen-bond donors (Lipinski definition) is 1. The highest BCUT2D eigenvalue weighted by atomic mass is 35.5. The highest BCUT2D eigenvalue weighted by Crippen LogP contribution is 2.14. The van der Waals surface area contributed by atoms with Crippen molar-refractivity contribution in [3.05, 3.63) is 35.1 Å². The molecule has 1 aromatic carbocycles. The lowest BCUT2D eigenvalue weighted by Crippen LogP contribution is -2.25. The van der Waals surface area contributed by atoms with Crippen LogP contribution in [0.25, 0.3) is 0 Å². The van der Waals surface area contributed by atoms with E-state index in [1.54, 1.807) is 13.0 Å². The van der Waals surface area contributed by atoms with Crippen LogP contribution in [-0.4, -0.2) is 11.3 Å². The molecule has 2 N–H and O–H groups in total. The first kappa shape index (κ1) is 11.0. The Kier molecular flexibility index (Phi) is 3.47. The summed E-state index contributed by atoms with van der Waals surface area (Å²) in [7, 11) is 0. The van der Waals surface area contributed by atoms with Crippen LogP contribution in [0.2, 0.25) is 0 Å². The second kappa shape index (κ2) is 4.42. The van der Waals surface area contributed by atoms with Gasteiger partial charge in [0.15, 0.2) is 0 Å². The molecule has 0 saturated heterocycles. The Morgan fingerprint density at radius 2 is 2.29 bits per heavy atom. The van der Waals surface area contributed by atoms with Crippen LogP contribution in [0.4, 0.5) is 4.39 Å². The van der Waals surface area contributed by atoms with Crippen molar-refractivity contribution in [3.63, 3.8) is 0 Å². The lowest BCUT2D eigenvalue weighted by Gasteiger charge is -2.08. The predicted octanol–water partition coefficient (Wildman–Crippen LogP) is 1.77. The molecular weight excluding hydrogens is 205 g/mol. The minimum absolute atomic E-state index is 0.295. The van der Waals surface area contributed by atoms with E-state index in [9.17, 15) is 9.18 Å². The monoisotopic (exact) mass is 215 g/mol. The molecule has 14 heavy (non-hydrogen) atoms. The number of halogens is 2. The van der Waals surface area contributed by atoms with Gasteiger partial charge >= 0.3 is 0 Å². The molecule has 1 rings (SSSR count). The largest absolute Gasteiger partial charge is 0.368 e. The van der Waals surface area contributed by atoms with Crippen molar-refractivity contribution >= 4 is 17.5 Å². The number of carbonyl (C=O) groups excluding carboxylic acids is 1. The summed E-state index contributed by atoms with van der Waals surface area (Å²) in [4.78, 5) is 10.7. The maximum Gasteiger partial charge on any atom is 0.235 e. The van der Waals surface area contributed by atoms with Crippen LogP contribution < -0.4 is 5.73 Å². The predicted molar refractivity (Wildman–Crippen MR) is 53.7 cm³/mol. The fourth-order valence-corrected chi connectivity index (χ4v) is 1.35. The third kappa shape index (κ3) is 2.70. The van der Waals surface area contributed by atoms with Gasteiger partial charge in [0.25, 0.3) is 0 Å². The number of benzene rings is 1. The molecule has 0 aromatic heterocycles. The number of amides is 1. The van der Waals surface area contributed by atoms with E-state index < -0.39 is 11.3 Å². The van der Waals surface area contributed by atoms with E-state index in [2.05, 4.69) is 0 Å². The number of aryl methyl sites for hydroxylation is 1.